The SMILES string of the molecule is Nc1ccccc1CNCC1CCC(O)C1. The van der Waals surface area contributed by atoms with E-state index in [1.54, 1.807) is 0 Å². The lowest BCUT2D eigenvalue weighted by atomic mass is 10.1. The molecule has 1 aromatic carbocycles. The molecule has 3 nitrogen and oxygen atoms in total. The van der Waals surface area contributed by atoms with Crippen molar-refractivity contribution in [3.05, 3.63) is 29.8 Å². The van der Waals surface area contributed by atoms with Gasteiger partial charge in [-0.1, -0.05) is 18.2 Å². The standard InChI is InChI=1S/C13H20N2O/c14-13-4-2-1-3-11(13)9-15-8-10-5-6-12(16)7-10/h1-4,10,12,15-16H,5-9,14H2. The minimum absolute atomic E-state index is 0.0754. The van der Waals surface area contributed by atoms with Gasteiger partial charge in [-0.2, -0.15) is 0 Å². The predicted molar refractivity (Wildman–Crippen MR) is 65.9 cm³/mol. The van der Waals surface area contributed by atoms with Crippen LogP contribution in [0, 0.1) is 5.92 Å². The van der Waals surface area contributed by atoms with Gasteiger partial charge in [0.25, 0.3) is 0 Å². The van der Waals surface area contributed by atoms with Crippen molar-refractivity contribution in [1.82, 2.24) is 5.32 Å². The highest BCUT2D eigenvalue weighted by atomic mass is 16.3. The topological polar surface area (TPSA) is 58.3 Å². The maximum Gasteiger partial charge on any atom is 0.0543 e. The summed E-state index contributed by atoms with van der Waals surface area (Å²) < 4.78 is 0. The average Bonchev–Trinajstić information content (AvgIpc) is 2.67. The lowest BCUT2D eigenvalue weighted by molar-refractivity contribution is 0.177. The molecule has 4 N–H and O–H groups in total. The van der Waals surface area contributed by atoms with E-state index in [2.05, 4.69) is 5.32 Å². The van der Waals surface area contributed by atoms with E-state index in [0.717, 1.165) is 43.6 Å². The highest BCUT2D eigenvalue weighted by molar-refractivity contribution is 5.46. The molecule has 1 fully saturated rings. The number of hydrogen-bond acceptors (Lipinski definition) is 3. The van der Waals surface area contributed by atoms with Crippen LogP contribution in [0.25, 0.3) is 0 Å². The third-order valence-corrected chi connectivity index (χ3v) is 3.32. The van der Waals surface area contributed by atoms with Crippen LogP contribution in [0.4, 0.5) is 5.69 Å². The molecule has 0 bridgehead atoms. The Balaban J connectivity index is 1.74. The van der Waals surface area contributed by atoms with Crippen LogP contribution in [0.3, 0.4) is 0 Å². The van der Waals surface area contributed by atoms with Crippen LogP contribution in [0.2, 0.25) is 0 Å². The molecule has 0 heterocycles. The van der Waals surface area contributed by atoms with E-state index in [0.29, 0.717) is 5.92 Å². The van der Waals surface area contributed by atoms with Gasteiger partial charge in [0.15, 0.2) is 0 Å². The Hall–Kier alpha value is -1.06. The smallest absolute Gasteiger partial charge is 0.0543 e. The number of hydrogen-bond donors (Lipinski definition) is 3. The van der Waals surface area contributed by atoms with Crippen LogP contribution < -0.4 is 11.1 Å². The van der Waals surface area contributed by atoms with Crippen molar-refractivity contribution in [2.24, 2.45) is 5.92 Å². The third-order valence-electron chi connectivity index (χ3n) is 3.32. The fourth-order valence-electron chi connectivity index (χ4n) is 2.34. The lowest BCUT2D eigenvalue weighted by Gasteiger charge is -2.11. The van der Waals surface area contributed by atoms with Crippen molar-refractivity contribution < 1.29 is 5.11 Å². The quantitative estimate of drug-likeness (QED) is 0.674. The average molecular weight is 220 g/mol. The van der Waals surface area contributed by atoms with Gasteiger partial charge in [0.05, 0.1) is 6.10 Å². The van der Waals surface area contributed by atoms with Crippen molar-refractivity contribution in [3.63, 3.8) is 0 Å². The number of anilines is 1. The van der Waals surface area contributed by atoms with Gasteiger partial charge in [-0.3, -0.25) is 0 Å². The predicted octanol–water partition coefficient (Wildman–Crippen LogP) is 1.52. The molecular weight excluding hydrogens is 200 g/mol. The van der Waals surface area contributed by atoms with Crippen LogP contribution in [-0.2, 0) is 6.54 Å². The fraction of sp³-hybridized carbons (Fsp3) is 0.538. The molecule has 0 spiro atoms. The largest absolute Gasteiger partial charge is 0.398 e. The second-order valence-corrected chi connectivity index (χ2v) is 4.66. The van der Waals surface area contributed by atoms with Crippen molar-refractivity contribution in [1.29, 1.82) is 0 Å². The molecule has 3 heteroatoms. The zero-order chi connectivity index (χ0) is 11.4. The molecular formula is C13H20N2O. The van der Waals surface area contributed by atoms with Gasteiger partial charge in [-0.05, 0) is 43.4 Å². The summed E-state index contributed by atoms with van der Waals surface area (Å²) in [5.41, 5.74) is 7.86. The zero-order valence-electron chi connectivity index (χ0n) is 9.52. The molecule has 16 heavy (non-hydrogen) atoms. The first-order valence-electron chi connectivity index (χ1n) is 5.98. The molecule has 2 unspecified atom stereocenters. The van der Waals surface area contributed by atoms with Gasteiger partial charge >= 0.3 is 0 Å². The van der Waals surface area contributed by atoms with Crippen molar-refractivity contribution in [2.45, 2.75) is 31.9 Å². The first-order valence-corrected chi connectivity index (χ1v) is 5.98. The summed E-state index contributed by atoms with van der Waals surface area (Å²) in [6, 6.07) is 7.93. The Labute approximate surface area is 96.7 Å². The molecule has 0 radical (unpaired) electrons. The molecule has 1 aromatic rings. The van der Waals surface area contributed by atoms with Crippen molar-refractivity contribution in [2.75, 3.05) is 12.3 Å². The molecule has 0 aliphatic heterocycles. The Bertz CT molecular complexity index is 340. The summed E-state index contributed by atoms with van der Waals surface area (Å²) in [5, 5.41) is 12.8. The number of aliphatic hydroxyl groups excluding tert-OH is 1. The van der Waals surface area contributed by atoms with Gasteiger partial charge in [0.1, 0.15) is 0 Å². The van der Waals surface area contributed by atoms with Gasteiger partial charge in [0, 0.05) is 12.2 Å². The van der Waals surface area contributed by atoms with Gasteiger partial charge in [-0.25, -0.2) is 0 Å². The lowest BCUT2D eigenvalue weighted by Crippen LogP contribution is -2.21. The van der Waals surface area contributed by atoms with Crippen LogP contribution in [0.5, 0.6) is 0 Å². The number of nitrogen functional groups attached to an aromatic ring is 1. The summed E-state index contributed by atoms with van der Waals surface area (Å²) in [6.45, 7) is 1.80. The number of nitrogens with two attached hydrogens (primary N) is 1. The van der Waals surface area contributed by atoms with E-state index in [1.807, 2.05) is 24.3 Å². The second-order valence-electron chi connectivity index (χ2n) is 4.66. The molecule has 2 rings (SSSR count). The van der Waals surface area contributed by atoms with Gasteiger partial charge in [0.2, 0.25) is 0 Å². The first-order chi connectivity index (χ1) is 7.75. The van der Waals surface area contributed by atoms with E-state index in [9.17, 15) is 5.11 Å². The van der Waals surface area contributed by atoms with E-state index in [1.165, 1.54) is 0 Å². The minimum atomic E-state index is -0.0754. The summed E-state index contributed by atoms with van der Waals surface area (Å²) in [5.74, 6) is 0.625. The molecule has 2 atom stereocenters. The summed E-state index contributed by atoms with van der Waals surface area (Å²) in [6.07, 6.45) is 2.96. The van der Waals surface area contributed by atoms with E-state index < -0.39 is 0 Å². The van der Waals surface area contributed by atoms with E-state index in [4.69, 9.17) is 5.73 Å². The zero-order valence-corrected chi connectivity index (χ0v) is 9.52. The van der Waals surface area contributed by atoms with Crippen molar-refractivity contribution >= 4 is 5.69 Å². The summed E-state index contributed by atoms with van der Waals surface area (Å²) in [7, 11) is 0. The Kier molecular flexibility index (Phi) is 3.80. The Morgan fingerprint density at radius 2 is 2.12 bits per heavy atom. The molecule has 0 aromatic heterocycles. The maximum absolute atomic E-state index is 9.41. The number of rotatable bonds is 4. The molecule has 1 aliphatic carbocycles. The highest BCUT2D eigenvalue weighted by Gasteiger charge is 2.21. The normalized spacial score (nSPS) is 24.8. The number of aliphatic hydroxyl groups is 1. The number of para-hydroxylation sites is 1. The first kappa shape index (κ1) is 11.4. The number of benzene rings is 1. The van der Waals surface area contributed by atoms with E-state index in [-0.39, 0.29) is 6.10 Å². The van der Waals surface area contributed by atoms with Gasteiger partial charge < -0.3 is 16.2 Å². The Morgan fingerprint density at radius 3 is 2.81 bits per heavy atom. The minimum Gasteiger partial charge on any atom is -0.398 e. The fourth-order valence-corrected chi connectivity index (χ4v) is 2.34. The monoisotopic (exact) mass is 220 g/mol. The second kappa shape index (κ2) is 5.32. The van der Waals surface area contributed by atoms with Crippen LogP contribution >= 0.6 is 0 Å². The Morgan fingerprint density at radius 1 is 1.31 bits per heavy atom. The molecule has 0 amide bonds. The highest BCUT2D eigenvalue weighted by Crippen LogP contribution is 2.24. The van der Waals surface area contributed by atoms with Crippen LogP contribution in [-0.4, -0.2) is 17.8 Å². The van der Waals surface area contributed by atoms with Gasteiger partial charge in [-0.15, -0.1) is 0 Å². The maximum atomic E-state index is 9.41. The summed E-state index contributed by atoms with van der Waals surface area (Å²) >= 11 is 0. The summed E-state index contributed by atoms with van der Waals surface area (Å²) in [4.78, 5) is 0. The van der Waals surface area contributed by atoms with Crippen molar-refractivity contribution in [3.8, 4) is 0 Å². The molecule has 88 valence electrons. The number of nitrogens with one attached hydrogen (secondary N) is 1. The van der Waals surface area contributed by atoms with Crippen LogP contribution in [0.15, 0.2) is 24.3 Å². The van der Waals surface area contributed by atoms with E-state index >= 15 is 0 Å². The third kappa shape index (κ3) is 2.97. The van der Waals surface area contributed by atoms with Crippen LogP contribution in [0.1, 0.15) is 24.8 Å². The molecule has 0 saturated heterocycles. The molecule has 1 saturated carbocycles. The molecule has 1 aliphatic rings.